The first-order chi connectivity index (χ1) is 22.7. The van der Waals surface area contributed by atoms with E-state index in [-0.39, 0.29) is 35.9 Å². The zero-order valence-electron chi connectivity index (χ0n) is 29.5. The molecule has 1 aliphatic heterocycles. The Hall–Kier alpha value is -4.67. The van der Waals surface area contributed by atoms with Gasteiger partial charge in [0.1, 0.15) is 11.4 Å². The minimum absolute atomic E-state index is 0.0139. The lowest BCUT2D eigenvalue weighted by Gasteiger charge is -2.36. The molecule has 48 heavy (non-hydrogen) atoms. The van der Waals surface area contributed by atoms with E-state index in [1.54, 1.807) is 9.80 Å². The van der Waals surface area contributed by atoms with Crippen molar-refractivity contribution in [1.29, 1.82) is 0 Å². The predicted molar refractivity (Wildman–Crippen MR) is 188 cm³/mol. The number of hydrogen-bond donors (Lipinski definition) is 2. The Morgan fingerprint density at radius 1 is 1.02 bits per heavy atom. The first kappa shape index (κ1) is 34.7. The number of H-pyrrole nitrogens is 1. The molecule has 2 fully saturated rings. The molecule has 5 rings (SSSR count). The maximum absolute atomic E-state index is 13.8. The van der Waals surface area contributed by atoms with Gasteiger partial charge in [-0.15, -0.1) is 0 Å². The Labute approximate surface area is 282 Å². The average molecular weight is 657 g/mol. The SMILES string of the molecule is CCN(C(=O)C1CC1)c1cc(-c2ccc(N3CCN(C(=O)OC(C)(C)C)CC3)nc2C)cc(C(=O)NCc2c(C)cc(C)[nH]c2=O)c1C. The smallest absolute Gasteiger partial charge is 0.410 e. The molecule has 2 aliphatic rings. The molecule has 3 heterocycles. The van der Waals surface area contributed by atoms with E-state index in [1.165, 1.54) is 0 Å². The van der Waals surface area contributed by atoms with Gasteiger partial charge in [-0.1, -0.05) is 0 Å². The van der Waals surface area contributed by atoms with Crippen LogP contribution in [0, 0.1) is 33.6 Å². The number of aryl methyl sites for hydroxylation is 3. The number of aromatic nitrogens is 2. The van der Waals surface area contributed by atoms with Crippen molar-refractivity contribution in [3.8, 4) is 11.1 Å². The number of carbonyl (C=O) groups is 3. The summed E-state index contributed by atoms with van der Waals surface area (Å²) < 4.78 is 5.54. The van der Waals surface area contributed by atoms with Gasteiger partial charge < -0.3 is 29.7 Å². The molecule has 1 aliphatic carbocycles. The Morgan fingerprint density at radius 3 is 2.29 bits per heavy atom. The van der Waals surface area contributed by atoms with E-state index < -0.39 is 5.60 Å². The number of ether oxygens (including phenoxy) is 1. The number of hydrogen-bond acceptors (Lipinski definition) is 7. The number of rotatable bonds is 8. The standard InChI is InChI=1S/C37H48N6O5/c1-9-43(35(46)26-10-11-26)31-20-27(19-29(24(31)4)33(44)38-21-30-22(2)18-23(3)39-34(30)45)28-12-13-32(40-25(28)5)41-14-16-42(17-15-41)36(47)48-37(6,7)8/h12-13,18-20,26H,9-11,14-17,21H2,1-8H3,(H,38,44)(H,39,45). The zero-order valence-corrected chi connectivity index (χ0v) is 29.5. The fraction of sp³-hybridized carbons (Fsp3) is 0.486. The topological polar surface area (TPSA) is 128 Å². The molecule has 0 radical (unpaired) electrons. The van der Waals surface area contributed by atoms with Crippen LogP contribution in [0.1, 0.15) is 79.0 Å². The van der Waals surface area contributed by atoms with Gasteiger partial charge in [0.15, 0.2) is 0 Å². The number of nitrogens with one attached hydrogen (secondary N) is 2. The summed E-state index contributed by atoms with van der Waals surface area (Å²) in [5.74, 6) is 0.569. The normalized spacial score (nSPS) is 14.9. The van der Waals surface area contributed by atoms with Crippen LogP contribution in [0.25, 0.3) is 11.1 Å². The Balaban J connectivity index is 1.43. The summed E-state index contributed by atoms with van der Waals surface area (Å²) in [7, 11) is 0. The number of aromatic amines is 1. The zero-order chi connectivity index (χ0) is 34.9. The lowest BCUT2D eigenvalue weighted by Crippen LogP contribution is -2.50. The third-order valence-corrected chi connectivity index (χ3v) is 8.98. The summed E-state index contributed by atoms with van der Waals surface area (Å²) in [5.41, 5.74) is 5.55. The summed E-state index contributed by atoms with van der Waals surface area (Å²) >= 11 is 0. The number of benzene rings is 1. The van der Waals surface area contributed by atoms with Gasteiger partial charge in [0, 0.05) is 79.0 Å². The number of piperazine rings is 1. The van der Waals surface area contributed by atoms with Crippen molar-refractivity contribution in [3.63, 3.8) is 0 Å². The molecule has 3 aromatic rings. The van der Waals surface area contributed by atoms with Gasteiger partial charge >= 0.3 is 6.09 Å². The first-order valence-corrected chi connectivity index (χ1v) is 16.8. The molecule has 0 spiro atoms. The van der Waals surface area contributed by atoms with E-state index in [2.05, 4.69) is 15.2 Å². The highest BCUT2D eigenvalue weighted by molar-refractivity contribution is 6.03. The summed E-state index contributed by atoms with van der Waals surface area (Å²) in [5, 5.41) is 2.95. The van der Waals surface area contributed by atoms with Crippen LogP contribution in [0.4, 0.5) is 16.3 Å². The van der Waals surface area contributed by atoms with E-state index in [0.29, 0.717) is 55.1 Å². The lowest BCUT2D eigenvalue weighted by atomic mass is 9.95. The van der Waals surface area contributed by atoms with Crippen molar-refractivity contribution in [2.45, 2.75) is 80.4 Å². The molecule has 1 saturated carbocycles. The molecule has 11 heteroatoms. The summed E-state index contributed by atoms with van der Waals surface area (Å²) in [4.78, 5) is 65.8. The van der Waals surface area contributed by atoms with Crippen LogP contribution in [0.15, 0.2) is 35.1 Å². The van der Waals surface area contributed by atoms with Crippen LogP contribution in [-0.4, -0.2) is 71.1 Å². The van der Waals surface area contributed by atoms with Crippen molar-refractivity contribution in [1.82, 2.24) is 20.2 Å². The molecule has 3 amide bonds. The van der Waals surface area contributed by atoms with Crippen molar-refractivity contribution >= 4 is 29.4 Å². The van der Waals surface area contributed by atoms with Crippen molar-refractivity contribution in [3.05, 3.63) is 74.3 Å². The van der Waals surface area contributed by atoms with E-state index in [0.717, 1.165) is 46.7 Å². The van der Waals surface area contributed by atoms with Gasteiger partial charge in [-0.2, -0.15) is 0 Å². The molecule has 2 N–H and O–H groups in total. The summed E-state index contributed by atoms with van der Waals surface area (Å²) in [6.07, 6.45) is 1.45. The highest BCUT2D eigenvalue weighted by Crippen LogP contribution is 2.37. The van der Waals surface area contributed by atoms with E-state index in [1.807, 2.05) is 85.7 Å². The molecule has 256 valence electrons. The van der Waals surface area contributed by atoms with Gasteiger partial charge in [0.05, 0.1) is 0 Å². The molecule has 2 aromatic heterocycles. The van der Waals surface area contributed by atoms with Crippen LogP contribution >= 0.6 is 0 Å². The Kier molecular flexibility index (Phi) is 9.98. The second kappa shape index (κ2) is 13.8. The van der Waals surface area contributed by atoms with Crippen LogP contribution in [0.5, 0.6) is 0 Å². The van der Waals surface area contributed by atoms with Crippen LogP contribution in [0.3, 0.4) is 0 Å². The van der Waals surface area contributed by atoms with Gasteiger partial charge in [0.2, 0.25) is 5.91 Å². The Morgan fingerprint density at radius 2 is 1.71 bits per heavy atom. The Bertz CT molecular complexity index is 1780. The maximum atomic E-state index is 13.8. The second-order valence-corrected chi connectivity index (χ2v) is 13.9. The van der Waals surface area contributed by atoms with E-state index >= 15 is 0 Å². The van der Waals surface area contributed by atoms with Crippen molar-refractivity contribution in [2.75, 3.05) is 42.5 Å². The molecule has 1 aromatic carbocycles. The molecule has 0 unspecified atom stereocenters. The lowest BCUT2D eigenvalue weighted by molar-refractivity contribution is -0.119. The number of amides is 3. The molecular formula is C37H48N6O5. The molecular weight excluding hydrogens is 608 g/mol. The maximum Gasteiger partial charge on any atom is 0.410 e. The predicted octanol–water partition coefficient (Wildman–Crippen LogP) is 5.42. The first-order valence-electron chi connectivity index (χ1n) is 16.8. The second-order valence-electron chi connectivity index (χ2n) is 13.9. The number of pyridine rings is 2. The molecule has 11 nitrogen and oxygen atoms in total. The van der Waals surface area contributed by atoms with Crippen LogP contribution in [0.2, 0.25) is 0 Å². The molecule has 0 atom stereocenters. The highest BCUT2D eigenvalue weighted by Gasteiger charge is 2.35. The quantitative estimate of drug-likeness (QED) is 0.332. The monoisotopic (exact) mass is 656 g/mol. The number of carbonyl (C=O) groups excluding carboxylic acids is 3. The molecule has 0 bridgehead atoms. The summed E-state index contributed by atoms with van der Waals surface area (Å²) in [6, 6.07) is 9.68. The van der Waals surface area contributed by atoms with Gasteiger partial charge in [-0.3, -0.25) is 14.4 Å². The fourth-order valence-corrected chi connectivity index (χ4v) is 6.20. The third kappa shape index (κ3) is 7.72. The average Bonchev–Trinajstić information content (AvgIpc) is 3.87. The summed E-state index contributed by atoms with van der Waals surface area (Å²) in [6.45, 7) is 17.9. The van der Waals surface area contributed by atoms with Crippen molar-refractivity contribution < 1.29 is 19.1 Å². The van der Waals surface area contributed by atoms with Gasteiger partial charge in [-0.25, -0.2) is 9.78 Å². The van der Waals surface area contributed by atoms with Crippen LogP contribution < -0.4 is 20.7 Å². The van der Waals surface area contributed by atoms with Gasteiger partial charge in [0.25, 0.3) is 11.5 Å². The van der Waals surface area contributed by atoms with Crippen LogP contribution in [-0.2, 0) is 16.1 Å². The van der Waals surface area contributed by atoms with E-state index in [4.69, 9.17) is 9.72 Å². The highest BCUT2D eigenvalue weighted by atomic mass is 16.6. The largest absolute Gasteiger partial charge is 0.444 e. The number of anilines is 2. The van der Waals surface area contributed by atoms with E-state index in [9.17, 15) is 19.2 Å². The minimum atomic E-state index is -0.544. The van der Waals surface area contributed by atoms with Gasteiger partial charge in [-0.05, 0) is 115 Å². The van der Waals surface area contributed by atoms with Crippen molar-refractivity contribution in [2.24, 2.45) is 5.92 Å². The number of nitrogens with zero attached hydrogens (tertiary/aromatic N) is 4. The molecule has 1 saturated heterocycles. The fourth-order valence-electron chi connectivity index (χ4n) is 6.20. The minimum Gasteiger partial charge on any atom is -0.444 e. The third-order valence-electron chi connectivity index (χ3n) is 8.98.